The van der Waals surface area contributed by atoms with Crippen LogP contribution in [0.25, 0.3) is 0 Å². The van der Waals surface area contributed by atoms with E-state index in [4.69, 9.17) is 0 Å². The van der Waals surface area contributed by atoms with Crippen LogP contribution >= 0.6 is 0 Å². The van der Waals surface area contributed by atoms with Crippen LogP contribution in [0.5, 0.6) is 0 Å². The number of carbonyl (C=O) groups excluding carboxylic acids is 2. The van der Waals surface area contributed by atoms with E-state index in [0.717, 1.165) is 49.9 Å². The maximum absolute atomic E-state index is 13.0. The van der Waals surface area contributed by atoms with Crippen molar-refractivity contribution in [1.29, 1.82) is 0 Å². The molecule has 8 heteroatoms. The molecule has 2 fully saturated rings. The van der Waals surface area contributed by atoms with Gasteiger partial charge in [-0.15, -0.1) is 0 Å². The minimum absolute atomic E-state index is 0.0538. The normalized spacial score (nSPS) is 17.5. The quantitative estimate of drug-likeness (QED) is 0.665. The minimum atomic E-state index is -3.55. The number of rotatable bonds is 7. The maximum atomic E-state index is 13.0. The van der Waals surface area contributed by atoms with Gasteiger partial charge in [0.05, 0.1) is 11.3 Å². The molecule has 7 nitrogen and oxygen atoms in total. The average Bonchev–Trinajstić information content (AvgIpc) is 3.25. The Bertz CT molecular complexity index is 1090. The summed E-state index contributed by atoms with van der Waals surface area (Å²) >= 11 is 0. The lowest BCUT2D eigenvalue weighted by Gasteiger charge is -2.30. The SMILES string of the molecule is CN(C1CCCCC1)S(=O)(=O)c1ccc(NC(=O)Cc2ccc(N3CCCC3=O)cc2)cc1. The summed E-state index contributed by atoms with van der Waals surface area (Å²) in [5.74, 6) is -0.0502. The van der Waals surface area contributed by atoms with Gasteiger partial charge in [0.15, 0.2) is 0 Å². The van der Waals surface area contributed by atoms with Crippen LogP contribution in [0.4, 0.5) is 11.4 Å². The Morgan fingerprint density at radius 2 is 1.67 bits per heavy atom. The molecular weight excluding hydrogens is 438 g/mol. The van der Waals surface area contributed by atoms with Gasteiger partial charge in [-0.05, 0) is 61.2 Å². The highest BCUT2D eigenvalue weighted by atomic mass is 32.2. The van der Waals surface area contributed by atoms with Crippen LogP contribution in [-0.2, 0) is 26.0 Å². The second kappa shape index (κ2) is 10.1. The third-order valence-corrected chi connectivity index (χ3v) is 8.51. The first-order chi connectivity index (χ1) is 15.8. The van der Waals surface area contributed by atoms with E-state index in [2.05, 4.69) is 5.32 Å². The van der Waals surface area contributed by atoms with E-state index in [-0.39, 0.29) is 29.2 Å². The van der Waals surface area contributed by atoms with Crippen molar-refractivity contribution in [1.82, 2.24) is 4.31 Å². The molecule has 2 aromatic carbocycles. The van der Waals surface area contributed by atoms with Gasteiger partial charge >= 0.3 is 0 Å². The Morgan fingerprint density at radius 3 is 2.27 bits per heavy atom. The van der Waals surface area contributed by atoms with E-state index in [0.29, 0.717) is 12.1 Å². The summed E-state index contributed by atoms with van der Waals surface area (Å²) in [6.45, 7) is 0.737. The predicted molar refractivity (Wildman–Crippen MR) is 129 cm³/mol. The van der Waals surface area contributed by atoms with Gasteiger partial charge in [0.2, 0.25) is 21.8 Å². The molecule has 0 bridgehead atoms. The topological polar surface area (TPSA) is 86.8 Å². The van der Waals surface area contributed by atoms with E-state index in [1.165, 1.54) is 10.7 Å². The largest absolute Gasteiger partial charge is 0.326 e. The third kappa shape index (κ3) is 5.45. The standard InChI is InChI=1S/C25H31N3O4S/c1-27(21-6-3-2-4-7-21)33(31,32)23-15-11-20(12-16-23)26-24(29)18-19-9-13-22(14-10-19)28-17-5-8-25(28)30/h9-16,21H,2-8,17-18H2,1H3,(H,26,29). The molecule has 2 aliphatic rings. The van der Waals surface area contributed by atoms with Crippen LogP contribution in [0.1, 0.15) is 50.5 Å². The fourth-order valence-corrected chi connectivity index (χ4v) is 6.04. The second-order valence-electron chi connectivity index (χ2n) is 8.88. The second-order valence-corrected chi connectivity index (χ2v) is 10.9. The van der Waals surface area contributed by atoms with E-state index < -0.39 is 10.0 Å². The Labute approximate surface area is 195 Å². The Balaban J connectivity index is 1.34. The van der Waals surface area contributed by atoms with Crippen LogP contribution in [0.15, 0.2) is 53.4 Å². The van der Waals surface area contributed by atoms with Crippen molar-refractivity contribution in [2.45, 2.75) is 62.3 Å². The van der Waals surface area contributed by atoms with Gasteiger partial charge in [0, 0.05) is 37.4 Å². The van der Waals surface area contributed by atoms with Crippen LogP contribution in [0, 0.1) is 0 Å². The fourth-order valence-electron chi connectivity index (χ4n) is 4.62. The Morgan fingerprint density at radius 1 is 1.00 bits per heavy atom. The lowest BCUT2D eigenvalue weighted by Crippen LogP contribution is -2.38. The van der Waals surface area contributed by atoms with Crippen LogP contribution in [0.3, 0.4) is 0 Å². The number of nitrogens with one attached hydrogen (secondary N) is 1. The summed E-state index contributed by atoms with van der Waals surface area (Å²) in [4.78, 5) is 26.3. The number of amides is 2. The van der Waals surface area contributed by atoms with E-state index in [1.807, 2.05) is 24.3 Å². The van der Waals surface area contributed by atoms with Gasteiger partial charge in [-0.3, -0.25) is 9.59 Å². The molecule has 1 heterocycles. The Hall–Kier alpha value is -2.71. The first kappa shape index (κ1) is 23.4. The molecule has 0 unspecified atom stereocenters. The van der Waals surface area contributed by atoms with Gasteiger partial charge in [-0.25, -0.2) is 8.42 Å². The van der Waals surface area contributed by atoms with Gasteiger partial charge in [0.1, 0.15) is 0 Å². The van der Waals surface area contributed by atoms with Crippen molar-refractivity contribution in [3.8, 4) is 0 Å². The molecule has 2 aromatic rings. The Kier molecular flexibility index (Phi) is 7.14. The molecule has 1 saturated heterocycles. The first-order valence-electron chi connectivity index (χ1n) is 11.6. The molecular formula is C25H31N3O4S. The number of anilines is 2. The molecule has 1 N–H and O–H groups in total. The number of carbonyl (C=O) groups is 2. The van der Waals surface area contributed by atoms with Gasteiger partial charge in [0.25, 0.3) is 0 Å². The van der Waals surface area contributed by atoms with Crippen LogP contribution in [0.2, 0.25) is 0 Å². The lowest BCUT2D eigenvalue weighted by molar-refractivity contribution is -0.117. The fraction of sp³-hybridized carbons (Fsp3) is 0.440. The first-order valence-corrected chi connectivity index (χ1v) is 13.1. The predicted octanol–water partition coefficient (Wildman–Crippen LogP) is 3.95. The summed E-state index contributed by atoms with van der Waals surface area (Å²) in [5, 5.41) is 2.83. The summed E-state index contributed by atoms with van der Waals surface area (Å²) in [7, 11) is -1.90. The highest BCUT2D eigenvalue weighted by molar-refractivity contribution is 7.89. The highest BCUT2D eigenvalue weighted by Crippen LogP contribution is 2.27. The summed E-state index contributed by atoms with van der Waals surface area (Å²) in [6.07, 6.45) is 6.75. The van der Waals surface area contributed by atoms with E-state index in [9.17, 15) is 18.0 Å². The zero-order valence-corrected chi connectivity index (χ0v) is 19.8. The van der Waals surface area contributed by atoms with Crippen molar-refractivity contribution in [2.24, 2.45) is 0 Å². The number of hydrogen-bond donors (Lipinski definition) is 1. The number of hydrogen-bond acceptors (Lipinski definition) is 4. The summed E-state index contributed by atoms with van der Waals surface area (Å²) in [5.41, 5.74) is 2.26. The molecule has 4 rings (SSSR count). The lowest BCUT2D eigenvalue weighted by atomic mass is 9.96. The van der Waals surface area contributed by atoms with Crippen LogP contribution < -0.4 is 10.2 Å². The summed E-state index contributed by atoms with van der Waals surface area (Å²) < 4.78 is 27.4. The molecule has 176 valence electrons. The minimum Gasteiger partial charge on any atom is -0.326 e. The zero-order valence-electron chi connectivity index (χ0n) is 19.0. The number of benzene rings is 2. The third-order valence-electron chi connectivity index (χ3n) is 6.59. The monoisotopic (exact) mass is 469 g/mol. The van der Waals surface area contributed by atoms with E-state index in [1.54, 1.807) is 36.2 Å². The molecule has 1 saturated carbocycles. The van der Waals surface area contributed by atoms with Crippen LogP contribution in [-0.4, -0.2) is 44.2 Å². The van der Waals surface area contributed by atoms with Gasteiger partial charge < -0.3 is 10.2 Å². The number of nitrogens with zero attached hydrogens (tertiary/aromatic N) is 2. The van der Waals surface area contributed by atoms with Gasteiger partial charge in [-0.1, -0.05) is 31.4 Å². The van der Waals surface area contributed by atoms with Crippen molar-refractivity contribution < 1.29 is 18.0 Å². The molecule has 0 aromatic heterocycles. The molecule has 2 amide bonds. The maximum Gasteiger partial charge on any atom is 0.243 e. The number of sulfonamides is 1. The molecule has 0 radical (unpaired) electrons. The van der Waals surface area contributed by atoms with E-state index >= 15 is 0 Å². The molecule has 1 aliphatic heterocycles. The molecule has 0 atom stereocenters. The zero-order chi connectivity index (χ0) is 23.4. The molecule has 0 spiro atoms. The molecule has 1 aliphatic carbocycles. The smallest absolute Gasteiger partial charge is 0.243 e. The highest BCUT2D eigenvalue weighted by Gasteiger charge is 2.29. The molecule has 33 heavy (non-hydrogen) atoms. The van der Waals surface area contributed by atoms with Crippen molar-refractivity contribution in [2.75, 3.05) is 23.8 Å². The van der Waals surface area contributed by atoms with Crippen molar-refractivity contribution >= 4 is 33.2 Å². The van der Waals surface area contributed by atoms with Crippen molar-refractivity contribution in [3.63, 3.8) is 0 Å². The van der Waals surface area contributed by atoms with Gasteiger partial charge in [-0.2, -0.15) is 4.31 Å². The average molecular weight is 470 g/mol. The van der Waals surface area contributed by atoms with Crippen molar-refractivity contribution in [3.05, 3.63) is 54.1 Å². The summed E-state index contributed by atoms with van der Waals surface area (Å²) in [6, 6.07) is 13.9.